The molecule has 0 aliphatic rings. The van der Waals surface area contributed by atoms with Gasteiger partial charge in [0.05, 0.1) is 11.6 Å². The van der Waals surface area contributed by atoms with Crippen molar-refractivity contribution in [1.29, 1.82) is 0 Å². The van der Waals surface area contributed by atoms with Gasteiger partial charge in [-0.2, -0.15) is 11.3 Å². The molecule has 0 fully saturated rings. The molecule has 2 aromatic rings. The number of methoxy groups -OCH3 is 1. The van der Waals surface area contributed by atoms with Crippen molar-refractivity contribution >= 4 is 57.2 Å². The number of hydrogen-bond acceptors (Lipinski definition) is 3. The molecule has 120 valence electrons. The molecule has 0 aliphatic heterocycles. The summed E-state index contributed by atoms with van der Waals surface area (Å²) in [5.41, 5.74) is 2.41. The van der Waals surface area contributed by atoms with E-state index in [4.69, 9.17) is 4.74 Å². The lowest BCUT2D eigenvalue weighted by Crippen LogP contribution is -2.36. The zero-order valence-electron chi connectivity index (χ0n) is 12.4. The SMILES string of the molecule is CN=C(NCc1ccsc1)NCc1ccc(OC)c(Br)c1.I. The minimum atomic E-state index is 0. The monoisotopic (exact) mass is 495 g/mol. The van der Waals surface area contributed by atoms with Crippen LogP contribution >= 0.6 is 51.2 Å². The molecule has 1 aromatic carbocycles. The van der Waals surface area contributed by atoms with E-state index in [1.165, 1.54) is 5.56 Å². The van der Waals surface area contributed by atoms with Crippen LogP contribution in [0.4, 0.5) is 0 Å². The largest absolute Gasteiger partial charge is 0.496 e. The Hall–Kier alpha value is -0.800. The second kappa shape index (κ2) is 10.1. The number of thiophene rings is 1. The molecule has 0 bridgehead atoms. The van der Waals surface area contributed by atoms with Crippen molar-refractivity contribution in [3.63, 3.8) is 0 Å². The molecule has 2 N–H and O–H groups in total. The van der Waals surface area contributed by atoms with Crippen molar-refractivity contribution < 1.29 is 4.74 Å². The van der Waals surface area contributed by atoms with Gasteiger partial charge in [-0.25, -0.2) is 0 Å². The molecule has 0 unspecified atom stereocenters. The zero-order valence-corrected chi connectivity index (χ0v) is 17.2. The number of aliphatic imine (C=N–C) groups is 1. The highest BCUT2D eigenvalue weighted by Crippen LogP contribution is 2.25. The maximum atomic E-state index is 5.22. The van der Waals surface area contributed by atoms with Crippen molar-refractivity contribution in [2.75, 3.05) is 14.2 Å². The van der Waals surface area contributed by atoms with E-state index in [1.807, 2.05) is 18.2 Å². The van der Waals surface area contributed by atoms with Crippen LogP contribution in [-0.4, -0.2) is 20.1 Å². The molecule has 0 saturated carbocycles. The van der Waals surface area contributed by atoms with Gasteiger partial charge in [-0.15, -0.1) is 24.0 Å². The molecule has 1 heterocycles. The minimum Gasteiger partial charge on any atom is -0.496 e. The number of benzene rings is 1. The van der Waals surface area contributed by atoms with E-state index in [0.29, 0.717) is 6.54 Å². The number of ether oxygens (including phenoxy) is 1. The van der Waals surface area contributed by atoms with E-state index >= 15 is 0 Å². The zero-order chi connectivity index (χ0) is 15.1. The molecule has 4 nitrogen and oxygen atoms in total. The summed E-state index contributed by atoms with van der Waals surface area (Å²) in [7, 11) is 3.43. The quantitative estimate of drug-likeness (QED) is 0.374. The molecule has 0 aliphatic carbocycles. The lowest BCUT2D eigenvalue weighted by Gasteiger charge is -2.12. The summed E-state index contributed by atoms with van der Waals surface area (Å²) in [6.07, 6.45) is 0. The molecule has 1 aromatic heterocycles. The molecule has 0 saturated heterocycles. The van der Waals surface area contributed by atoms with Crippen LogP contribution in [0.2, 0.25) is 0 Å². The average Bonchev–Trinajstić information content (AvgIpc) is 3.01. The predicted octanol–water partition coefficient (Wildman–Crippen LogP) is 4.00. The summed E-state index contributed by atoms with van der Waals surface area (Å²) in [4.78, 5) is 4.22. The lowest BCUT2D eigenvalue weighted by atomic mass is 10.2. The fraction of sp³-hybridized carbons (Fsp3) is 0.267. The Morgan fingerprint density at radius 3 is 2.50 bits per heavy atom. The summed E-state index contributed by atoms with van der Waals surface area (Å²) in [5.74, 6) is 1.62. The van der Waals surface area contributed by atoms with Crippen LogP contribution in [-0.2, 0) is 13.1 Å². The highest BCUT2D eigenvalue weighted by Gasteiger charge is 2.03. The molecule has 0 atom stereocenters. The molecular formula is C15H19BrIN3OS. The highest BCUT2D eigenvalue weighted by atomic mass is 127. The number of hydrogen-bond donors (Lipinski definition) is 2. The van der Waals surface area contributed by atoms with Crippen molar-refractivity contribution in [1.82, 2.24) is 10.6 Å². The minimum absolute atomic E-state index is 0. The van der Waals surface area contributed by atoms with Crippen LogP contribution in [0, 0.1) is 0 Å². The van der Waals surface area contributed by atoms with Crippen LogP contribution in [0.1, 0.15) is 11.1 Å². The van der Waals surface area contributed by atoms with E-state index in [9.17, 15) is 0 Å². The summed E-state index contributed by atoms with van der Waals surface area (Å²) in [5, 5.41) is 10.8. The van der Waals surface area contributed by atoms with E-state index in [-0.39, 0.29) is 24.0 Å². The standard InChI is InChI=1S/C15H18BrN3OS.HI/c1-17-15(19-9-12-5-6-21-10-12)18-8-11-3-4-14(20-2)13(16)7-11;/h3-7,10H,8-9H2,1-2H3,(H2,17,18,19);1H. The van der Waals surface area contributed by atoms with Gasteiger partial charge >= 0.3 is 0 Å². The Labute approximate surface area is 160 Å². The van der Waals surface area contributed by atoms with Crippen LogP contribution in [0.25, 0.3) is 0 Å². The van der Waals surface area contributed by atoms with Gasteiger partial charge < -0.3 is 15.4 Å². The highest BCUT2D eigenvalue weighted by molar-refractivity contribution is 14.0. The van der Waals surface area contributed by atoms with E-state index in [0.717, 1.165) is 28.3 Å². The summed E-state index contributed by atoms with van der Waals surface area (Å²) >= 11 is 5.19. The van der Waals surface area contributed by atoms with E-state index in [1.54, 1.807) is 25.5 Å². The van der Waals surface area contributed by atoms with Gasteiger partial charge in [0.25, 0.3) is 0 Å². The lowest BCUT2D eigenvalue weighted by molar-refractivity contribution is 0.412. The topological polar surface area (TPSA) is 45.7 Å². The van der Waals surface area contributed by atoms with E-state index in [2.05, 4.69) is 48.4 Å². The number of halogens is 2. The molecule has 0 spiro atoms. The maximum absolute atomic E-state index is 5.22. The summed E-state index contributed by atoms with van der Waals surface area (Å²) in [6, 6.07) is 8.12. The van der Waals surface area contributed by atoms with E-state index < -0.39 is 0 Å². The number of rotatable bonds is 5. The maximum Gasteiger partial charge on any atom is 0.191 e. The third-order valence-corrected chi connectivity index (χ3v) is 4.29. The van der Waals surface area contributed by atoms with Crippen molar-refractivity contribution in [3.8, 4) is 5.75 Å². The smallest absolute Gasteiger partial charge is 0.191 e. The van der Waals surface area contributed by atoms with Crippen LogP contribution in [0.3, 0.4) is 0 Å². The first kappa shape index (κ1) is 19.2. The fourth-order valence-corrected chi connectivity index (χ4v) is 3.06. The molecule has 7 heteroatoms. The second-order valence-corrected chi connectivity index (χ2v) is 6.01. The number of nitrogens with one attached hydrogen (secondary N) is 2. The average molecular weight is 496 g/mol. The van der Waals surface area contributed by atoms with Gasteiger partial charge in [0, 0.05) is 20.1 Å². The number of nitrogens with zero attached hydrogens (tertiary/aromatic N) is 1. The molecular weight excluding hydrogens is 477 g/mol. The summed E-state index contributed by atoms with van der Waals surface area (Å²) in [6.45, 7) is 1.47. The number of guanidine groups is 1. The summed E-state index contributed by atoms with van der Waals surface area (Å²) < 4.78 is 6.17. The van der Waals surface area contributed by atoms with Crippen molar-refractivity contribution in [2.24, 2.45) is 4.99 Å². The first-order valence-electron chi connectivity index (χ1n) is 6.51. The molecule has 0 amide bonds. The second-order valence-electron chi connectivity index (χ2n) is 4.38. The fourth-order valence-electron chi connectivity index (χ4n) is 1.81. The van der Waals surface area contributed by atoms with Crippen LogP contribution in [0.15, 0.2) is 44.5 Å². The Kier molecular flexibility index (Phi) is 8.81. The third kappa shape index (κ3) is 5.77. The van der Waals surface area contributed by atoms with Gasteiger partial charge in [0.1, 0.15) is 5.75 Å². The Morgan fingerprint density at radius 1 is 1.23 bits per heavy atom. The Balaban J connectivity index is 0.00000242. The van der Waals surface area contributed by atoms with Crippen LogP contribution in [0.5, 0.6) is 5.75 Å². The van der Waals surface area contributed by atoms with Crippen molar-refractivity contribution in [3.05, 3.63) is 50.6 Å². The Bertz CT molecular complexity index is 605. The predicted molar refractivity (Wildman–Crippen MR) is 107 cm³/mol. The van der Waals surface area contributed by atoms with Gasteiger partial charge in [-0.05, 0) is 56.0 Å². The third-order valence-electron chi connectivity index (χ3n) is 2.94. The van der Waals surface area contributed by atoms with Gasteiger partial charge in [0.15, 0.2) is 5.96 Å². The van der Waals surface area contributed by atoms with Gasteiger partial charge in [-0.1, -0.05) is 6.07 Å². The first-order chi connectivity index (χ1) is 10.2. The molecule has 2 rings (SSSR count). The normalized spacial score (nSPS) is 10.8. The molecule has 0 radical (unpaired) electrons. The first-order valence-corrected chi connectivity index (χ1v) is 8.24. The van der Waals surface area contributed by atoms with Crippen LogP contribution < -0.4 is 15.4 Å². The van der Waals surface area contributed by atoms with Gasteiger partial charge in [0.2, 0.25) is 0 Å². The van der Waals surface area contributed by atoms with Crippen molar-refractivity contribution in [2.45, 2.75) is 13.1 Å². The Morgan fingerprint density at radius 2 is 1.95 bits per heavy atom. The van der Waals surface area contributed by atoms with Gasteiger partial charge in [-0.3, -0.25) is 4.99 Å². The molecule has 22 heavy (non-hydrogen) atoms.